The Balaban J connectivity index is 2.18. The normalized spacial score (nSPS) is 11.2. The van der Waals surface area contributed by atoms with Crippen LogP contribution in [0.25, 0.3) is 10.9 Å². The van der Waals surface area contributed by atoms with E-state index in [-0.39, 0.29) is 11.5 Å². The second-order valence-corrected chi connectivity index (χ2v) is 7.17. The van der Waals surface area contributed by atoms with Gasteiger partial charge < -0.3 is 15.0 Å². The summed E-state index contributed by atoms with van der Waals surface area (Å²) in [6.45, 7) is 6.03. The van der Waals surface area contributed by atoms with Crippen LogP contribution in [0, 0.1) is 10.7 Å². The van der Waals surface area contributed by atoms with Gasteiger partial charge in [-0.1, -0.05) is 13.8 Å². The number of carbonyl (C=O) groups is 1. The molecule has 142 valence electrons. The molecule has 2 aromatic rings. The van der Waals surface area contributed by atoms with Gasteiger partial charge in [-0.2, -0.15) is 0 Å². The number of amides is 1. The van der Waals surface area contributed by atoms with Crippen molar-refractivity contribution < 1.29 is 9.53 Å². The maximum Gasteiger partial charge on any atom is 0.262 e. The van der Waals surface area contributed by atoms with E-state index < -0.39 is 0 Å². The van der Waals surface area contributed by atoms with Crippen LogP contribution >= 0.6 is 12.2 Å². The van der Waals surface area contributed by atoms with Crippen molar-refractivity contribution in [3.63, 3.8) is 0 Å². The molecule has 6 nitrogen and oxygen atoms in total. The molecule has 7 heteroatoms. The Hall–Kier alpha value is -1.99. The lowest BCUT2D eigenvalue weighted by Gasteiger charge is -2.10. The monoisotopic (exact) mass is 377 g/mol. The largest absolute Gasteiger partial charge is 0.385 e. The van der Waals surface area contributed by atoms with Gasteiger partial charge in [-0.25, -0.2) is 0 Å². The van der Waals surface area contributed by atoms with E-state index in [2.05, 4.69) is 24.1 Å². The molecule has 26 heavy (non-hydrogen) atoms. The fourth-order valence-electron chi connectivity index (χ4n) is 2.78. The molecule has 0 aliphatic heterocycles. The lowest BCUT2D eigenvalue weighted by molar-refractivity contribution is 0.0952. The molecule has 1 aromatic carbocycles. The van der Waals surface area contributed by atoms with Gasteiger partial charge >= 0.3 is 0 Å². The first-order valence-electron chi connectivity index (χ1n) is 8.98. The Labute approximate surface area is 158 Å². The SMILES string of the molecule is COCCCn1c(=S)[nH]c2cc(C(=O)NCCCC(C)C)ccc2c1=O. The second-order valence-electron chi connectivity index (χ2n) is 6.79. The molecule has 0 aliphatic carbocycles. The quantitative estimate of drug-likeness (QED) is 0.519. The number of methoxy groups -OCH3 is 1. The van der Waals surface area contributed by atoms with Gasteiger partial charge in [-0.05, 0) is 55.6 Å². The number of nitrogens with one attached hydrogen (secondary N) is 2. The molecule has 0 aliphatic rings. The van der Waals surface area contributed by atoms with Gasteiger partial charge in [0.25, 0.3) is 11.5 Å². The highest BCUT2D eigenvalue weighted by atomic mass is 32.1. The molecule has 1 amide bonds. The number of nitrogens with zero attached hydrogens (tertiary/aromatic N) is 1. The molecule has 0 radical (unpaired) electrons. The van der Waals surface area contributed by atoms with Gasteiger partial charge in [0.2, 0.25) is 0 Å². The molecule has 2 N–H and O–H groups in total. The second kappa shape index (κ2) is 9.64. The first-order valence-corrected chi connectivity index (χ1v) is 9.39. The van der Waals surface area contributed by atoms with Crippen molar-refractivity contribution >= 4 is 29.0 Å². The zero-order chi connectivity index (χ0) is 19.1. The maximum atomic E-state index is 12.6. The van der Waals surface area contributed by atoms with Crippen LogP contribution in [-0.2, 0) is 11.3 Å². The number of benzene rings is 1. The van der Waals surface area contributed by atoms with Crippen molar-refractivity contribution in [2.24, 2.45) is 5.92 Å². The van der Waals surface area contributed by atoms with E-state index in [0.29, 0.717) is 53.3 Å². The maximum absolute atomic E-state index is 12.6. The minimum atomic E-state index is -0.149. The summed E-state index contributed by atoms with van der Waals surface area (Å²) in [6.07, 6.45) is 2.73. The van der Waals surface area contributed by atoms with Gasteiger partial charge in [0.1, 0.15) is 0 Å². The lowest BCUT2D eigenvalue weighted by atomic mass is 10.1. The van der Waals surface area contributed by atoms with Crippen molar-refractivity contribution in [3.8, 4) is 0 Å². The molecule has 0 unspecified atom stereocenters. The summed E-state index contributed by atoms with van der Waals surface area (Å²) < 4.78 is 6.91. The highest BCUT2D eigenvalue weighted by Crippen LogP contribution is 2.11. The molecular formula is C19H27N3O3S. The number of carbonyl (C=O) groups excluding carboxylic acids is 1. The first kappa shape index (κ1) is 20.3. The van der Waals surface area contributed by atoms with Crippen molar-refractivity contribution in [1.29, 1.82) is 0 Å². The van der Waals surface area contributed by atoms with Gasteiger partial charge in [0.05, 0.1) is 10.9 Å². The van der Waals surface area contributed by atoms with Crippen LogP contribution in [0.2, 0.25) is 0 Å². The molecule has 0 bridgehead atoms. The first-order chi connectivity index (χ1) is 12.4. The van der Waals surface area contributed by atoms with E-state index in [1.165, 1.54) is 4.57 Å². The topological polar surface area (TPSA) is 76.1 Å². The van der Waals surface area contributed by atoms with E-state index in [0.717, 1.165) is 12.8 Å². The van der Waals surface area contributed by atoms with Crippen molar-refractivity contribution in [1.82, 2.24) is 14.9 Å². The molecule has 0 atom stereocenters. The summed E-state index contributed by atoms with van der Waals surface area (Å²) in [5.41, 5.74) is 0.950. The van der Waals surface area contributed by atoms with E-state index in [9.17, 15) is 9.59 Å². The number of ether oxygens (including phenoxy) is 1. The Morgan fingerprint density at radius 3 is 2.81 bits per heavy atom. The average Bonchev–Trinajstić information content (AvgIpc) is 2.60. The highest BCUT2D eigenvalue weighted by molar-refractivity contribution is 7.71. The third-order valence-electron chi connectivity index (χ3n) is 4.22. The lowest BCUT2D eigenvalue weighted by Crippen LogP contribution is -2.25. The van der Waals surface area contributed by atoms with Gasteiger partial charge in [-0.15, -0.1) is 0 Å². The van der Waals surface area contributed by atoms with Crippen LogP contribution in [0.15, 0.2) is 23.0 Å². The molecule has 1 heterocycles. The highest BCUT2D eigenvalue weighted by Gasteiger charge is 2.10. The number of hydrogen-bond acceptors (Lipinski definition) is 4. The van der Waals surface area contributed by atoms with Crippen LogP contribution < -0.4 is 10.9 Å². The third-order valence-corrected chi connectivity index (χ3v) is 4.54. The third kappa shape index (κ3) is 5.25. The van der Waals surface area contributed by atoms with Gasteiger partial charge in [0, 0.05) is 32.4 Å². The predicted molar refractivity (Wildman–Crippen MR) is 106 cm³/mol. The van der Waals surface area contributed by atoms with Crippen LogP contribution in [0.1, 0.15) is 43.5 Å². The number of H-pyrrole nitrogens is 1. The average molecular weight is 378 g/mol. The Morgan fingerprint density at radius 1 is 1.35 bits per heavy atom. The van der Waals surface area contributed by atoms with Crippen molar-refractivity contribution in [3.05, 3.63) is 38.9 Å². The molecule has 2 rings (SSSR count). The number of aromatic amines is 1. The molecule has 0 saturated heterocycles. The van der Waals surface area contributed by atoms with Crippen LogP contribution in [0.5, 0.6) is 0 Å². The van der Waals surface area contributed by atoms with Gasteiger partial charge in [-0.3, -0.25) is 14.2 Å². The molecule has 0 fully saturated rings. The summed E-state index contributed by atoms with van der Waals surface area (Å²) in [5, 5.41) is 3.44. The van der Waals surface area contributed by atoms with Crippen LogP contribution in [0.3, 0.4) is 0 Å². The number of aromatic nitrogens is 2. The summed E-state index contributed by atoms with van der Waals surface area (Å²) >= 11 is 5.30. The summed E-state index contributed by atoms with van der Waals surface area (Å²) in [4.78, 5) is 28.0. The zero-order valence-corrected chi connectivity index (χ0v) is 16.4. The van der Waals surface area contributed by atoms with E-state index >= 15 is 0 Å². The minimum Gasteiger partial charge on any atom is -0.385 e. The van der Waals surface area contributed by atoms with Gasteiger partial charge in [0.15, 0.2) is 4.77 Å². The van der Waals surface area contributed by atoms with E-state index in [1.807, 2.05) is 0 Å². The smallest absolute Gasteiger partial charge is 0.262 e. The summed E-state index contributed by atoms with van der Waals surface area (Å²) in [7, 11) is 1.62. The van der Waals surface area contributed by atoms with E-state index in [4.69, 9.17) is 17.0 Å². The number of fused-ring (bicyclic) bond motifs is 1. The molecule has 0 spiro atoms. The fourth-order valence-corrected chi connectivity index (χ4v) is 3.06. The molecule has 1 aromatic heterocycles. The number of hydrogen-bond donors (Lipinski definition) is 2. The number of rotatable bonds is 9. The Kier molecular flexibility index (Phi) is 7.53. The fraction of sp³-hybridized carbons (Fsp3) is 0.526. The molecule has 0 saturated carbocycles. The summed E-state index contributed by atoms with van der Waals surface area (Å²) in [6, 6.07) is 5.04. The standard InChI is InChI=1S/C19H27N3O3S/c1-13(2)6-4-9-20-17(23)14-7-8-15-16(12-14)21-19(26)22(18(15)24)10-5-11-25-3/h7-8,12-13H,4-6,9-11H2,1-3H3,(H,20,23)(H,21,26). The predicted octanol–water partition coefficient (Wildman–Crippen LogP) is 3.26. The van der Waals surface area contributed by atoms with Crippen LogP contribution in [-0.4, -0.2) is 35.7 Å². The zero-order valence-electron chi connectivity index (χ0n) is 15.6. The van der Waals surface area contributed by atoms with E-state index in [1.54, 1.807) is 25.3 Å². The Bertz CT molecular complexity index is 870. The summed E-state index contributed by atoms with van der Waals surface area (Å²) in [5.74, 6) is 0.484. The minimum absolute atomic E-state index is 0.140. The van der Waals surface area contributed by atoms with Crippen LogP contribution in [0.4, 0.5) is 0 Å². The van der Waals surface area contributed by atoms with Crippen molar-refractivity contribution in [2.75, 3.05) is 20.3 Å². The Morgan fingerprint density at radius 2 is 2.12 bits per heavy atom. The molecular weight excluding hydrogens is 350 g/mol. The van der Waals surface area contributed by atoms with Crippen molar-refractivity contribution in [2.45, 2.75) is 39.7 Å².